The van der Waals surface area contributed by atoms with Crippen molar-refractivity contribution in [3.8, 4) is 12.3 Å². The average Bonchev–Trinajstić information content (AvgIpc) is 2.45. The van der Waals surface area contributed by atoms with Gasteiger partial charge < -0.3 is 20.3 Å². The van der Waals surface area contributed by atoms with Gasteiger partial charge >= 0.3 is 6.09 Å². The Morgan fingerprint density at radius 2 is 1.96 bits per heavy atom. The van der Waals surface area contributed by atoms with Crippen LogP contribution in [0.4, 0.5) is 4.79 Å². The van der Waals surface area contributed by atoms with Gasteiger partial charge in [-0.2, -0.15) is 0 Å². The number of amides is 1. The van der Waals surface area contributed by atoms with Crippen molar-refractivity contribution in [3.05, 3.63) is 0 Å². The summed E-state index contributed by atoms with van der Waals surface area (Å²) in [5, 5.41) is 6.17. The van der Waals surface area contributed by atoms with Gasteiger partial charge in [0.1, 0.15) is 12.1 Å². The molecule has 1 atom stereocenters. The summed E-state index contributed by atoms with van der Waals surface area (Å²) in [6.45, 7) is 13.6. The highest BCUT2D eigenvalue weighted by Gasteiger charge is 2.22. The first kappa shape index (κ1) is 26.1. The molecule has 0 aliphatic heterocycles. The zero-order valence-electron chi connectivity index (χ0n) is 16.7. The first-order valence-corrected chi connectivity index (χ1v) is 8.53. The molecule has 146 valence electrons. The van der Waals surface area contributed by atoms with E-state index in [1.165, 1.54) is 0 Å². The van der Waals surface area contributed by atoms with E-state index in [9.17, 15) is 4.79 Å². The van der Waals surface area contributed by atoms with Crippen molar-refractivity contribution in [2.24, 2.45) is 10.9 Å². The van der Waals surface area contributed by atoms with Crippen LogP contribution in [-0.2, 0) is 4.74 Å². The highest BCUT2D eigenvalue weighted by molar-refractivity contribution is 14.0. The molecular weight excluding hydrogens is 431 g/mol. The fraction of sp³-hybridized carbons (Fsp3) is 0.778. The summed E-state index contributed by atoms with van der Waals surface area (Å²) in [4.78, 5) is 18.4. The van der Waals surface area contributed by atoms with Crippen molar-refractivity contribution in [1.29, 1.82) is 0 Å². The number of halogens is 1. The predicted molar refractivity (Wildman–Crippen MR) is 115 cm³/mol. The highest BCUT2D eigenvalue weighted by Crippen LogP contribution is 2.11. The lowest BCUT2D eigenvalue weighted by Gasteiger charge is -2.28. The fourth-order valence-corrected chi connectivity index (χ4v) is 2.06. The Bertz CT molecular complexity index is 453. The summed E-state index contributed by atoms with van der Waals surface area (Å²) in [5.41, 5.74) is -0.498. The number of rotatable bonds is 7. The van der Waals surface area contributed by atoms with E-state index in [2.05, 4.69) is 35.4 Å². The van der Waals surface area contributed by atoms with Crippen LogP contribution >= 0.6 is 24.0 Å². The smallest absolute Gasteiger partial charge is 0.407 e. The largest absolute Gasteiger partial charge is 0.444 e. The number of aliphatic imine (C=N–C) groups is 1. The van der Waals surface area contributed by atoms with E-state index in [0.29, 0.717) is 12.5 Å². The molecule has 6 nitrogen and oxygen atoms in total. The number of guanidine groups is 1. The molecule has 0 fully saturated rings. The number of alkyl carbamates (subject to hydrolysis) is 1. The molecule has 0 aromatic heterocycles. The maximum absolute atomic E-state index is 12.0. The number of carbonyl (C=O) groups is 1. The Morgan fingerprint density at radius 1 is 1.36 bits per heavy atom. The van der Waals surface area contributed by atoms with E-state index in [-0.39, 0.29) is 36.1 Å². The van der Waals surface area contributed by atoms with Crippen LogP contribution in [0.5, 0.6) is 0 Å². The zero-order chi connectivity index (χ0) is 18.8. The lowest BCUT2D eigenvalue weighted by Crippen LogP contribution is -2.45. The number of hydrogen-bond acceptors (Lipinski definition) is 3. The molecular formula is C18H35IN4O2. The lowest BCUT2D eigenvalue weighted by molar-refractivity contribution is 0.0486. The van der Waals surface area contributed by atoms with Gasteiger partial charge in [-0.1, -0.05) is 19.8 Å². The minimum Gasteiger partial charge on any atom is -0.444 e. The van der Waals surface area contributed by atoms with Crippen molar-refractivity contribution in [3.63, 3.8) is 0 Å². The molecule has 0 bridgehead atoms. The van der Waals surface area contributed by atoms with Gasteiger partial charge in [0.25, 0.3) is 0 Å². The van der Waals surface area contributed by atoms with E-state index >= 15 is 0 Å². The number of carbonyl (C=O) groups excluding carboxylic acids is 1. The molecule has 0 aliphatic rings. The normalized spacial score (nSPS) is 12.7. The summed E-state index contributed by atoms with van der Waals surface area (Å²) >= 11 is 0. The van der Waals surface area contributed by atoms with Crippen LogP contribution in [-0.4, -0.2) is 55.3 Å². The second kappa shape index (κ2) is 13.1. The van der Waals surface area contributed by atoms with Crippen LogP contribution in [0.2, 0.25) is 0 Å². The molecule has 0 aromatic carbocycles. The van der Waals surface area contributed by atoms with Crippen LogP contribution in [0.25, 0.3) is 0 Å². The van der Waals surface area contributed by atoms with E-state index in [0.717, 1.165) is 25.5 Å². The van der Waals surface area contributed by atoms with Gasteiger partial charge in [0.05, 0.1) is 0 Å². The molecule has 0 saturated heterocycles. The van der Waals surface area contributed by atoms with Crippen LogP contribution < -0.4 is 10.6 Å². The third kappa shape index (κ3) is 12.8. The fourth-order valence-electron chi connectivity index (χ4n) is 2.06. The molecule has 2 N–H and O–H groups in total. The zero-order valence-corrected chi connectivity index (χ0v) is 19.0. The predicted octanol–water partition coefficient (Wildman–Crippen LogP) is 3.07. The van der Waals surface area contributed by atoms with Gasteiger partial charge in [0.15, 0.2) is 5.96 Å². The summed E-state index contributed by atoms with van der Waals surface area (Å²) in [6, 6.07) is 0.0258. The second-order valence-corrected chi connectivity index (χ2v) is 7.08. The standard InChI is InChI=1S/C18H34N4O2.HI/c1-9-12-20-16(19-10-2)22(8)13-11-15(14(3)4)21-17(23)24-18(5,6)7;/h1,14-15H,10-13H2,2-8H3,(H,19,20)(H,21,23);1H. The Kier molecular flexibility index (Phi) is 13.6. The molecule has 0 aliphatic carbocycles. The number of nitrogens with zero attached hydrogens (tertiary/aromatic N) is 2. The molecule has 25 heavy (non-hydrogen) atoms. The Labute approximate surface area is 170 Å². The Morgan fingerprint density at radius 3 is 2.40 bits per heavy atom. The molecule has 0 radical (unpaired) electrons. The van der Waals surface area contributed by atoms with Gasteiger partial charge in [-0.15, -0.1) is 30.4 Å². The summed E-state index contributed by atoms with van der Waals surface area (Å²) in [7, 11) is 1.96. The van der Waals surface area contributed by atoms with E-state index in [4.69, 9.17) is 11.2 Å². The summed E-state index contributed by atoms with van der Waals surface area (Å²) in [6.07, 6.45) is 5.68. The topological polar surface area (TPSA) is 66.0 Å². The number of ether oxygens (including phenoxy) is 1. The van der Waals surface area contributed by atoms with Crippen molar-refractivity contribution >= 4 is 36.0 Å². The van der Waals surface area contributed by atoms with Crippen LogP contribution in [0.3, 0.4) is 0 Å². The molecule has 1 unspecified atom stereocenters. The second-order valence-electron chi connectivity index (χ2n) is 7.08. The van der Waals surface area contributed by atoms with Crippen LogP contribution in [0.15, 0.2) is 4.99 Å². The third-order valence-corrected chi connectivity index (χ3v) is 3.30. The van der Waals surface area contributed by atoms with Gasteiger partial charge in [-0.25, -0.2) is 9.79 Å². The SMILES string of the molecule is C#CCN=C(NCC)N(C)CCC(NC(=O)OC(C)(C)C)C(C)C.I. The van der Waals surface area contributed by atoms with Gasteiger partial charge in [-0.05, 0) is 40.0 Å². The van der Waals surface area contributed by atoms with E-state index in [1.807, 2.05) is 39.6 Å². The monoisotopic (exact) mass is 466 g/mol. The molecule has 0 spiro atoms. The Hall–Kier alpha value is -1.17. The Balaban J connectivity index is 0. The summed E-state index contributed by atoms with van der Waals surface area (Å²) in [5.74, 6) is 3.59. The molecule has 7 heteroatoms. The quantitative estimate of drug-likeness (QED) is 0.262. The molecule has 0 saturated carbocycles. The van der Waals surface area contributed by atoms with E-state index in [1.54, 1.807) is 0 Å². The number of terminal acetylenes is 1. The number of hydrogen-bond donors (Lipinski definition) is 2. The third-order valence-electron chi connectivity index (χ3n) is 3.30. The van der Waals surface area contributed by atoms with Crippen molar-refractivity contribution in [1.82, 2.24) is 15.5 Å². The highest BCUT2D eigenvalue weighted by atomic mass is 127. The van der Waals surface area contributed by atoms with Crippen molar-refractivity contribution in [2.45, 2.75) is 59.6 Å². The maximum Gasteiger partial charge on any atom is 0.407 e. The van der Waals surface area contributed by atoms with Crippen molar-refractivity contribution in [2.75, 3.05) is 26.7 Å². The van der Waals surface area contributed by atoms with Gasteiger partial charge in [-0.3, -0.25) is 0 Å². The van der Waals surface area contributed by atoms with Gasteiger partial charge in [0, 0.05) is 26.2 Å². The minimum atomic E-state index is -0.498. The average molecular weight is 466 g/mol. The molecule has 0 rings (SSSR count). The first-order chi connectivity index (χ1) is 11.1. The van der Waals surface area contributed by atoms with Crippen LogP contribution in [0.1, 0.15) is 48.0 Å². The lowest BCUT2D eigenvalue weighted by atomic mass is 10.0. The summed E-state index contributed by atoms with van der Waals surface area (Å²) < 4.78 is 5.34. The molecule has 0 heterocycles. The van der Waals surface area contributed by atoms with E-state index < -0.39 is 5.60 Å². The molecule has 0 aromatic rings. The van der Waals surface area contributed by atoms with Crippen molar-refractivity contribution < 1.29 is 9.53 Å². The number of nitrogens with one attached hydrogen (secondary N) is 2. The molecule has 1 amide bonds. The van der Waals surface area contributed by atoms with Crippen LogP contribution in [0, 0.1) is 18.3 Å². The van der Waals surface area contributed by atoms with Gasteiger partial charge in [0.2, 0.25) is 0 Å². The minimum absolute atomic E-state index is 0. The first-order valence-electron chi connectivity index (χ1n) is 8.53. The maximum atomic E-state index is 12.0.